The smallest absolute Gasteiger partial charge is 0.310 e. The van der Waals surface area contributed by atoms with Gasteiger partial charge in [-0.2, -0.15) is 4.31 Å². The zero-order valence-electron chi connectivity index (χ0n) is 22.8. The molecule has 1 saturated heterocycles. The fourth-order valence-electron chi connectivity index (χ4n) is 6.35. The zero-order chi connectivity index (χ0) is 28.6. The second-order valence-corrected chi connectivity index (χ2v) is 13.1. The second-order valence-electron chi connectivity index (χ2n) is 11.2. The van der Waals surface area contributed by atoms with Gasteiger partial charge in [0.15, 0.2) is 6.73 Å². The van der Waals surface area contributed by atoms with Crippen LogP contribution in [0.2, 0.25) is 0 Å². The summed E-state index contributed by atoms with van der Waals surface area (Å²) in [5.41, 5.74) is -0.145. The van der Waals surface area contributed by atoms with Gasteiger partial charge < -0.3 is 14.6 Å². The molecule has 0 radical (unpaired) electrons. The fourth-order valence-corrected chi connectivity index (χ4v) is 8.43. The van der Waals surface area contributed by atoms with E-state index in [4.69, 9.17) is 9.47 Å². The van der Waals surface area contributed by atoms with Crippen LogP contribution in [0.4, 0.5) is 0 Å². The monoisotopic (exact) mass is 581 g/mol. The molecule has 3 aliphatic rings. The summed E-state index contributed by atoms with van der Waals surface area (Å²) < 4.78 is 41.8. The molecule has 2 aliphatic carbocycles. The minimum atomic E-state index is -3.96. The lowest BCUT2D eigenvalue weighted by Crippen LogP contribution is -2.50. The first-order valence-electron chi connectivity index (χ1n) is 14.2. The molecule has 3 fully saturated rings. The van der Waals surface area contributed by atoms with Gasteiger partial charge in [0.25, 0.3) is 5.56 Å². The summed E-state index contributed by atoms with van der Waals surface area (Å²) in [5, 5.41) is 14.2. The van der Waals surface area contributed by atoms with Gasteiger partial charge in [-0.15, -0.1) is 0 Å². The third-order valence-electron chi connectivity index (χ3n) is 8.70. The van der Waals surface area contributed by atoms with Crippen molar-refractivity contribution in [2.75, 3.05) is 6.54 Å². The maximum atomic E-state index is 14.0. The Balaban J connectivity index is 1.18. The number of rotatable bonds is 10. The number of hydrogen-bond donors (Lipinski definition) is 2. The van der Waals surface area contributed by atoms with Crippen LogP contribution in [0.1, 0.15) is 50.5 Å². The Kier molecular flexibility index (Phi) is 7.73. The summed E-state index contributed by atoms with van der Waals surface area (Å²) in [6.45, 7) is 0.304. The highest BCUT2D eigenvalue weighted by Gasteiger charge is 2.61. The predicted molar refractivity (Wildman–Crippen MR) is 151 cm³/mol. The van der Waals surface area contributed by atoms with E-state index in [0.717, 1.165) is 31.2 Å². The number of aliphatic hydroxyl groups excluding tert-OH is 1. The SMILES string of the molecule is O=C(OCn1ccc2c(S(=O)(=O)N3CCC(NC(O)OCc4ccccc4)C34CC4)cccc2c1=O)C1CCCC1. The first kappa shape index (κ1) is 28.0. The summed E-state index contributed by atoms with van der Waals surface area (Å²) in [6.07, 6.45) is 5.72. The van der Waals surface area contributed by atoms with Crippen LogP contribution >= 0.6 is 0 Å². The number of carbonyl (C=O) groups is 1. The topological polar surface area (TPSA) is 127 Å². The molecule has 2 unspecified atom stereocenters. The van der Waals surface area contributed by atoms with Crippen LogP contribution in [0, 0.1) is 5.92 Å². The van der Waals surface area contributed by atoms with Crippen molar-refractivity contribution >= 4 is 26.8 Å². The number of aliphatic hydroxyl groups is 1. The number of nitrogens with one attached hydrogen (secondary N) is 1. The molecule has 3 aromatic rings. The van der Waals surface area contributed by atoms with Gasteiger partial charge in [0.05, 0.1) is 23.0 Å². The van der Waals surface area contributed by atoms with Gasteiger partial charge >= 0.3 is 5.97 Å². The highest BCUT2D eigenvalue weighted by molar-refractivity contribution is 7.89. The Hall–Kier alpha value is -3.09. The quantitative estimate of drug-likeness (QED) is 0.276. The number of esters is 1. The normalized spacial score (nSPS) is 21.4. The highest BCUT2D eigenvalue weighted by Crippen LogP contribution is 2.52. The van der Waals surface area contributed by atoms with Crippen molar-refractivity contribution in [1.82, 2.24) is 14.2 Å². The lowest BCUT2D eigenvalue weighted by molar-refractivity contribution is -0.152. The number of pyridine rings is 1. The summed E-state index contributed by atoms with van der Waals surface area (Å²) in [5.74, 6) is -0.415. The van der Waals surface area contributed by atoms with Gasteiger partial charge in [0, 0.05) is 29.6 Å². The van der Waals surface area contributed by atoms with E-state index < -0.39 is 27.5 Å². The lowest BCUT2D eigenvalue weighted by Gasteiger charge is -2.29. The zero-order valence-corrected chi connectivity index (χ0v) is 23.6. The third-order valence-corrected chi connectivity index (χ3v) is 10.7. The number of sulfonamides is 1. The minimum absolute atomic E-state index is 0.0648. The number of ether oxygens (including phenoxy) is 2. The van der Waals surface area contributed by atoms with Crippen LogP contribution in [-0.4, -0.2) is 52.9 Å². The first-order chi connectivity index (χ1) is 19.8. The van der Waals surface area contributed by atoms with E-state index in [0.29, 0.717) is 24.6 Å². The molecular weight excluding hydrogens is 546 g/mol. The molecule has 6 rings (SSSR count). The van der Waals surface area contributed by atoms with Crippen molar-refractivity contribution in [3.05, 3.63) is 76.7 Å². The molecule has 2 N–H and O–H groups in total. The summed E-state index contributed by atoms with van der Waals surface area (Å²) in [4.78, 5) is 25.7. The number of hydrogen-bond acceptors (Lipinski definition) is 8. The Morgan fingerprint density at radius 3 is 2.51 bits per heavy atom. The average Bonchev–Trinajstić information content (AvgIpc) is 3.40. The van der Waals surface area contributed by atoms with E-state index in [1.165, 1.54) is 21.1 Å². The van der Waals surface area contributed by atoms with Gasteiger partial charge in [0.2, 0.25) is 16.4 Å². The van der Waals surface area contributed by atoms with Gasteiger partial charge in [-0.25, -0.2) is 8.42 Å². The molecule has 10 nitrogen and oxygen atoms in total. The van der Waals surface area contributed by atoms with E-state index in [-0.39, 0.29) is 48.1 Å². The van der Waals surface area contributed by atoms with E-state index in [2.05, 4.69) is 5.32 Å². The molecule has 11 heteroatoms. The van der Waals surface area contributed by atoms with Gasteiger partial charge in [0.1, 0.15) is 0 Å². The van der Waals surface area contributed by atoms with Crippen LogP contribution in [0.5, 0.6) is 0 Å². The number of fused-ring (bicyclic) bond motifs is 1. The average molecular weight is 582 g/mol. The molecule has 41 heavy (non-hydrogen) atoms. The van der Waals surface area contributed by atoms with E-state index in [9.17, 15) is 23.1 Å². The maximum Gasteiger partial charge on any atom is 0.310 e. The van der Waals surface area contributed by atoms with Crippen molar-refractivity contribution in [1.29, 1.82) is 0 Å². The Morgan fingerprint density at radius 1 is 1.02 bits per heavy atom. The lowest BCUT2D eigenvalue weighted by atomic mass is 10.1. The standard InChI is InChI=1S/C30H35N3O7S/c34-27-24-11-6-12-25(23(24)13-17-32(27)20-40-28(35)22-9-4-5-10-22)41(37,38)33-18-14-26(30(33)15-16-30)31-29(36)39-19-21-7-2-1-3-8-21/h1-3,6-8,11-13,17,22,26,29,31,36H,4-5,9-10,14-16,18-20H2. The maximum absolute atomic E-state index is 14.0. The van der Waals surface area contributed by atoms with Crippen LogP contribution in [0.15, 0.2) is 70.5 Å². The van der Waals surface area contributed by atoms with E-state index in [1.807, 2.05) is 30.3 Å². The molecule has 2 heterocycles. The molecular formula is C30H35N3O7S. The van der Waals surface area contributed by atoms with Crippen molar-refractivity contribution in [3.63, 3.8) is 0 Å². The Bertz CT molecular complexity index is 1580. The number of nitrogens with zero attached hydrogens (tertiary/aromatic N) is 2. The van der Waals surface area contributed by atoms with Gasteiger partial charge in [-0.1, -0.05) is 49.2 Å². The van der Waals surface area contributed by atoms with Crippen LogP contribution in [-0.2, 0) is 37.6 Å². The van der Waals surface area contributed by atoms with Crippen molar-refractivity contribution in [2.45, 2.75) is 81.2 Å². The molecule has 2 saturated carbocycles. The molecule has 1 spiro atoms. The Morgan fingerprint density at radius 2 is 1.78 bits per heavy atom. The Labute approximate surface area is 238 Å². The van der Waals surface area contributed by atoms with E-state index >= 15 is 0 Å². The summed E-state index contributed by atoms with van der Waals surface area (Å²) >= 11 is 0. The molecule has 1 aliphatic heterocycles. The van der Waals surface area contributed by atoms with Gasteiger partial charge in [-0.3, -0.25) is 19.5 Å². The number of carbonyl (C=O) groups excluding carboxylic acids is 1. The van der Waals surface area contributed by atoms with E-state index in [1.54, 1.807) is 18.2 Å². The molecule has 2 aromatic carbocycles. The molecule has 0 amide bonds. The van der Waals surface area contributed by atoms with Crippen molar-refractivity contribution in [3.8, 4) is 0 Å². The highest BCUT2D eigenvalue weighted by atomic mass is 32.2. The second kappa shape index (κ2) is 11.3. The van der Waals surface area contributed by atoms with Gasteiger partial charge in [-0.05, 0) is 55.9 Å². The fraction of sp³-hybridized carbons (Fsp3) is 0.467. The number of benzene rings is 2. The molecule has 218 valence electrons. The molecule has 2 atom stereocenters. The molecule has 1 aromatic heterocycles. The molecule has 0 bridgehead atoms. The minimum Gasteiger partial charge on any atom is -0.444 e. The van der Waals surface area contributed by atoms with Crippen LogP contribution in [0.25, 0.3) is 10.8 Å². The van der Waals surface area contributed by atoms with Crippen molar-refractivity contribution in [2.24, 2.45) is 5.92 Å². The summed E-state index contributed by atoms with van der Waals surface area (Å²) in [6, 6.07) is 15.5. The summed E-state index contributed by atoms with van der Waals surface area (Å²) in [7, 11) is -3.96. The predicted octanol–water partition coefficient (Wildman–Crippen LogP) is 3.07. The van der Waals surface area contributed by atoms with Crippen LogP contribution < -0.4 is 10.9 Å². The van der Waals surface area contributed by atoms with Crippen molar-refractivity contribution < 1.29 is 27.8 Å². The van der Waals surface area contributed by atoms with Crippen LogP contribution in [0.3, 0.4) is 0 Å². The number of aromatic nitrogens is 1. The third kappa shape index (κ3) is 5.44. The largest absolute Gasteiger partial charge is 0.444 e. The first-order valence-corrected chi connectivity index (χ1v) is 15.6.